The summed E-state index contributed by atoms with van der Waals surface area (Å²) in [6, 6.07) is 5.38. The van der Waals surface area contributed by atoms with Gasteiger partial charge in [0.15, 0.2) is 0 Å². The van der Waals surface area contributed by atoms with Crippen molar-refractivity contribution in [1.82, 2.24) is 4.90 Å². The molecule has 2 amide bonds. The fourth-order valence-corrected chi connectivity index (χ4v) is 2.01. The summed E-state index contributed by atoms with van der Waals surface area (Å²) >= 11 is 3.33. The van der Waals surface area contributed by atoms with Crippen molar-refractivity contribution in [2.24, 2.45) is 0 Å². The number of rotatable bonds is 0. The van der Waals surface area contributed by atoms with Gasteiger partial charge in [-0.3, -0.25) is 14.5 Å². The Kier molecular flexibility index (Phi) is 2.15. The van der Waals surface area contributed by atoms with E-state index in [1.165, 1.54) is 7.05 Å². The van der Waals surface area contributed by atoms with Gasteiger partial charge in [-0.2, -0.15) is 0 Å². The molecule has 0 spiro atoms. The maximum atomic E-state index is 11.7. The van der Waals surface area contributed by atoms with Gasteiger partial charge in [0.2, 0.25) is 5.91 Å². The summed E-state index contributed by atoms with van der Waals surface area (Å²) in [6.07, 6.45) is 0.291. The lowest BCUT2D eigenvalue weighted by atomic mass is 9.99. The second-order valence-electron chi connectivity index (χ2n) is 3.20. The van der Waals surface area contributed by atoms with Crippen molar-refractivity contribution in [3.63, 3.8) is 0 Å². The summed E-state index contributed by atoms with van der Waals surface area (Å²) in [5, 5.41) is 0. The van der Waals surface area contributed by atoms with Gasteiger partial charge in [-0.15, -0.1) is 0 Å². The van der Waals surface area contributed by atoms with E-state index >= 15 is 0 Å². The summed E-state index contributed by atoms with van der Waals surface area (Å²) in [5.74, 6) is -0.382. The topological polar surface area (TPSA) is 37.4 Å². The van der Waals surface area contributed by atoms with Gasteiger partial charge < -0.3 is 0 Å². The molecule has 1 aliphatic rings. The molecule has 0 saturated heterocycles. The van der Waals surface area contributed by atoms with Crippen molar-refractivity contribution in [3.8, 4) is 0 Å². The van der Waals surface area contributed by atoms with Gasteiger partial charge in [-0.1, -0.05) is 22.0 Å². The summed E-state index contributed by atoms with van der Waals surface area (Å²) in [7, 11) is 1.51. The molecule has 2 rings (SSSR count). The number of carbonyl (C=O) groups excluding carboxylic acids is 2. The molecule has 0 N–H and O–H groups in total. The predicted molar refractivity (Wildman–Crippen MR) is 54.9 cm³/mol. The molecule has 1 aromatic rings. The molecule has 1 heterocycles. The Balaban J connectivity index is 2.62. The van der Waals surface area contributed by atoms with Crippen LogP contribution < -0.4 is 0 Å². The van der Waals surface area contributed by atoms with Crippen LogP contribution in [0, 0.1) is 0 Å². The summed E-state index contributed by atoms with van der Waals surface area (Å²) in [4.78, 5) is 24.2. The Morgan fingerprint density at radius 3 is 2.79 bits per heavy atom. The first kappa shape index (κ1) is 9.40. The fraction of sp³-hybridized carbons (Fsp3) is 0.200. The zero-order valence-corrected chi connectivity index (χ0v) is 9.17. The molecule has 1 aromatic carbocycles. The zero-order chi connectivity index (χ0) is 10.3. The fourth-order valence-electron chi connectivity index (χ4n) is 1.50. The Bertz CT molecular complexity index is 428. The lowest BCUT2D eigenvalue weighted by molar-refractivity contribution is -0.127. The Morgan fingerprint density at radius 2 is 2.07 bits per heavy atom. The van der Waals surface area contributed by atoms with Crippen molar-refractivity contribution >= 4 is 27.7 Å². The van der Waals surface area contributed by atoms with E-state index in [0.717, 1.165) is 14.9 Å². The molecule has 0 fully saturated rings. The van der Waals surface area contributed by atoms with E-state index in [2.05, 4.69) is 15.9 Å². The van der Waals surface area contributed by atoms with E-state index < -0.39 is 0 Å². The van der Waals surface area contributed by atoms with Crippen LogP contribution in [-0.2, 0) is 11.2 Å². The van der Waals surface area contributed by atoms with Crippen molar-refractivity contribution < 1.29 is 9.59 Å². The summed E-state index contributed by atoms with van der Waals surface area (Å²) in [6.45, 7) is 0. The van der Waals surface area contributed by atoms with Gasteiger partial charge in [0, 0.05) is 17.1 Å². The van der Waals surface area contributed by atoms with Crippen LogP contribution in [0.3, 0.4) is 0 Å². The van der Waals surface area contributed by atoms with E-state index in [1.54, 1.807) is 12.1 Å². The van der Waals surface area contributed by atoms with Crippen LogP contribution in [0.15, 0.2) is 22.7 Å². The third-order valence-corrected chi connectivity index (χ3v) is 3.10. The first-order valence-corrected chi connectivity index (χ1v) is 4.99. The van der Waals surface area contributed by atoms with Crippen LogP contribution in [0.2, 0.25) is 0 Å². The first-order chi connectivity index (χ1) is 6.61. The van der Waals surface area contributed by atoms with E-state index in [0.29, 0.717) is 12.0 Å². The maximum Gasteiger partial charge on any atom is 0.260 e. The molecule has 0 atom stereocenters. The molecule has 4 heteroatoms. The van der Waals surface area contributed by atoms with Crippen molar-refractivity contribution in [1.29, 1.82) is 0 Å². The minimum absolute atomic E-state index is 0.158. The van der Waals surface area contributed by atoms with Gasteiger partial charge in [0.1, 0.15) is 0 Å². The highest BCUT2D eigenvalue weighted by Crippen LogP contribution is 2.26. The normalized spacial score (nSPS) is 15.7. The number of benzene rings is 1. The lowest BCUT2D eigenvalue weighted by Crippen LogP contribution is -2.39. The number of likely N-dealkylation sites (N-methyl/N-ethyl adjacent to an activating group) is 1. The number of carbonyl (C=O) groups is 2. The molecular weight excluding hydrogens is 246 g/mol. The minimum Gasteiger partial charge on any atom is -0.281 e. The molecule has 0 unspecified atom stereocenters. The van der Waals surface area contributed by atoms with E-state index in [-0.39, 0.29) is 11.8 Å². The molecular formula is C10H8BrNO2. The molecule has 3 nitrogen and oxygen atoms in total. The van der Waals surface area contributed by atoms with Crippen LogP contribution in [0.5, 0.6) is 0 Å². The van der Waals surface area contributed by atoms with Crippen LogP contribution in [0.4, 0.5) is 0 Å². The number of imide groups is 1. The van der Waals surface area contributed by atoms with E-state index in [1.807, 2.05) is 6.07 Å². The number of halogens is 1. The maximum absolute atomic E-state index is 11.7. The van der Waals surface area contributed by atoms with Crippen molar-refractivity contribution in [2.75, 3.05) is 7.05 Å². The second-order valence-corrected chi connectivity index (χ2v) is 4.05. The van der Waals surface area contributed by atoms with Gasteiger partial charge in [0.05, 0.1) is 6.42 Å². The largest absolute Gasteiger partial charge is 0.281 e. The molecule has 14 heavy (non-hydrogen) atoms. The standard InChI is InChI=1S/C10H8BrNO2/c1-12-9(13)5-7-6(10(12)14)3-2-4-8(7)11/h2-4H,5H2,1H3. The van der Waals surface area contributed by atoms with Crippen LogP contribution >= 0.6 is 15.9 Å². The highest BCUT2D eigenvalue weighted by Gasteiger charge is 2.28. The Hall–Kier alpha value is -1.16. The molecule has 72 valence electrons. The third kappa shape index (κ3) is 1.26. The molecule has 0 radical (unpaired) electrons. The number of amides is 2. The van der Waals surface area contributed by atoms with Crippen LogP contribution in [0.25, 0.3) is 0 Å². The van der Waals surface area contributed by atoms with E-state index in [9.17, 15) is 9.59 Å². The third-order valence-electron chi connectivity index (χ3n) is 2.36. The Morgan fingerprint density at radius 1 is 1.36 bits per heavy atom. The average Bonchev–Trinajstić information content (AvgIpc) is 2.17. The number of hydrogen-bond acceptors (Lipinski definition) is 2. The first-order valence-electron chi connectivity index (χ1n) is 4.19. The monoisotopic (exact) mass is 253 g/mol. The van der Waals surface area contributed by atoms with Gasteiger partial charge >= 0.3 is 0 Å². The van der Waals surface area contributed by atoms with Gasteiger partial charge in [-0.25, -0.2) is 0 Å². The molecule has 0 aromatic heterocycles. The minimum atomic E-state index is -0.224. The lowest BCUT2D eigenvalue weighted by Gasteiger charge is -2.23. The van der Waals surface area contributed by atoms with Gasteiger partial charge in [-0.05, 0) is 17.7 Å². The van der Waals surface area contributed by atoms with Crippen LogP contribution in [0.1, 0.15) is 15.9 Å². The van der Waals surface area contributed by atoms with Crippen molar-refractivity contribution in [2.45, 2.75) is 6.42 Å². The highest BCUT2D eigenvalue weighted by atomic mass is 79.9. The predicted octanol–water partition coefficient (Wildman–Crippen LogP) is 1.60. The van der Waals surface area contributed by atoms with E-state index in [4.69, 9.17) is 0 Å². The molecule has 0 saturated carbocycles. The molecule has 0 aliphatic carbocycles. The van der Waals surface area contributed by atoms with Crippen molar-refractivity contribution in [3.05, 3.63) is 33.8 Å². The second kappa shape index (κ2) is 3.20. The molecule has 0 bridgehead atoms. The number of nitrogens with zero attached hydrogens (tertiary/aromatic N) is 1. The number of fused-ring (bicyclic) bond motifs is 1. The SMILES string of the molecule is CN1C(=O)Cc2c(Br)cccc2C1=O. The average molecular weight is 254 g/mol. The van der Waals surface area contributed by atoms with Gasteiger partial charge in [0.25, 0.3) is 5.91 Å². The number of hydrogen-bond donors (Lipinski definition) is 0. The zero-order valence-electron chi connectivity index (χ0n) is 7.58. The summed E-state index contributed by atoms with van der Waals surface area (Å²) < 4.78 is 0.824. The highest BCUT2D eigenvalue weighted by molar-refractivity contribution is 9.10. The quantitative estimate of drug-likeness (QED) is 0.659. The Labute approximate surface area is 89.8 Å². The smallest absolute Gasteiger partial charge is 0.260 e. The summed E-state index contributed by atoms with van der Waals surface area (Å²) in [5.41, 5.74) is 1.40. The van der Waals surface area contributed by atoms with Crippen LogP contribution in [-0.4, -0.2) is 23.8 Å². The molecule has 1 aliphatic heterocycles.